The van der Waals surface area contributed by atoms with E-state index in [0.717, 1.165) is 6.20 Å². The summed E-state index contributed by atoms with van der Waals surface area (Å²) in [4.78, 5) is 14.2. The normalized spacial score (nSPS) is 10.5. The summed E-state index contributed by atoms with van der Waals surface area (Å²) in [6.07, 6.45) is 1.03. The molecule has 2 N–H and O–H groups in total. The lowest BCUT2D eigenvalue weighted by atomic mass is 10.2. The minimum atomic E-state index is -1.25. The summed E-state index contributed by atoms with van der Waals surface area (Å²) in [6, 6.07) is -0.101. The van der Waals surface area contributed by atoms with E-state index in [2.05, 4.69) is 10.3 Å². The molecule has 1 rings (SSSR count). The van der Waals surface area contributed by atoms with Crippen molar-refractivity contribution in [2.75, 3.05) is 5.32 Å². The fraction of sp³-hybridized carbons (Fsp3) is 0.333. The SMILES string of the molecule is CC(C)Nc1c(C(=O)O)cnc(Cl)c1F. The Morgan fingerprint density at radius 3 is 2.73 bits per heavy atom. The van der Waals surface area contributed by atoms with Crippen molar-refractivity contribution < 1.29 is 14.3 Å². The number of nitrogens with one attached hydrogen (secondary N) is 1. The zero-order valence-corrected chi connectivity index (χ0v) is 8.97. The highest BCUT2D eigenvalue weighted by atomic mass is 35.5. The van der Waals surface area contributed by atoms with Crippen molar-refractivity contribution in [3.8, 4) is 0 Å². The number of carboxylic acid groups (broad SMARTS) is 1. The molecule has 4 nitrogen and oxygen atoms in total. The Bertz CT molecular complexity index is 396. The second-order valence-corrected chi connectivity index (χ2v) is 3.61. The largest absolute Gasteiger partial charge is 0.478 e. The van der Waals surface area contributed by atoms with Crippen LogP contribution in [0.15, 0.2) is 6.20 Å². The van der Waals surface area contributed by atoms with Crippen molar-refractivity contribution in [1.29, 1.82) is 0 Å². The molecule has 0 radical (unpaired) electrons. The monoisotopic (exact) mass is 232 g/mol. The van der Waals surface area contributed by atoms with E-state index in [9.17, 15) is 9.18 Å². The van der Waals surface area contributed by atoms with E-state index in [1.165, 1.54) is 0 Å². The Balaban J connectivity index is 3.28. The summed E-state index contributed by atoms with van der Waals surface area (Å²) in [6.45, 7) is 3.53. The van der Waals surface area contributed by atoms with E-state index in [4.69, 9.17) is 16.7 Å². The number of aromatic nitrogens is 1. The van der Waals surface area contributed by atoms with Gasteiger partial charge in [-0.15, -0.1) is 0 Å². The second-order valence-electron chi connectivity index (χ2n) is 3.26. The number of halogens is 2. The summed E-state index contributed by atoms with van der Waals surface area (Å²) in [5, 5.41) is 11.1. The minimum Gasteiger partial charge on any atom is -0.478 e. The maximum absolute atomic E-state index is 13.5. The van der Waals surface area contributed by atoms with Gasteiger partial charge in [0.2, 0.25) is 0 Å². The first-order valence-corrected chi connectivity index (χ1v) is 4.65. The topological polar surface area (TPSA) is 62.2 Å². The van der Waals surface area contributed by atoms with Gasteiger partial charge in [0.25, 0.3) is 0 Å². The van der Waals surface area contributed by atoms with Gasteiger partial charge in [-0.1, -0.05) is 11.6 Å². The molecule has 15 heavy (non-hydrogen) atoms. The molecule has 0 aliphatic carbocycles. The van der Waals surface area contributed by atoms with E-state index in [1.54, 1.807) is 13.8 Å². The third kappa shape index (κ3) is 2.56. The van der Waals surface area contributed by atoms with Crippen LogP contribution in [-0.4, -0.2) is 22.1 Å². The highest BCUT2D eigenvalue weighted by molar-refractivity contribution is 6.30. The highest BCUT2D eigenvalue weighted by Crippen LogP contribution is 2.25. The molecule has 0 aromatic carbocycles. The van der Waals surface area contributed by atoms with Crippen molar-refractivity contribution in [2.24, 2.45) is 0 Å². The number of pyridine rings is 1. The van der Waals surface area contributed by atoms with E-state index < -0.39 is 11.8 Å². The molecular weight excluding hydrogens is 223 g/mol. The van der Waals surface area contributed by atoms with Crippen LogP contribution in [0.2, 0.25) is 5.15 Å². The van der Waals surface area contributed by atoms with Crippen LogP contribution in [-0.2, 0) is 0 Å². The maximum atomic E-state index is 13.5. The molecule has 82 valence electrons. The number of nitrogens with zero attached hydrogens (tertiary/aromatic N) is 1. The van der Waals surface area contributed by atoms with Crippen LogP contribution >= 0.6 is 11.6 Å². The van der Waals surface area contributed by atoms with E-state index >= 15 is 0 Å². The Kier molecular flexibility index (Phi) is 3.47. The predicted molar refractivity (Wildman–Crippen MR) is 54.9 cm³/mol. The van der Waals surface area contributed by atoms with Gasteiger partial charge in [-0.05, 0) is 13.8 Å². The van der Waals surface area contributed by atoms with Crippen molar-refractivity contribution >= 4 is 23.3 Å². The fourth-order valence-electron chi connectivity index (χ4n) is 1.06. The van der Waals surface area contributed by atoms with Gasteiger partial charge in [0.1, 0.15) is 5.56 Å². The zero-order chi connectivity index (χ0) is 11.6. The van der Waals surface area contributed by atoms with Gasteiger partial charge in [-0.3, -0.25) is 0 Å². The molecule has 1 aromatic rings. The zero-order valence-electron chi connectivity index (χ0n) is 8.21. The minimum absolute atomic E-state index is 0.101. The predicted octanol–water partition coefficient (Wildman–Crippen LogP) is 2.39. The van der Waals surface area contributed by atoms with Crippen LogP contribution in [0.1, 0.15) is 24.2 Å². The Hall–Kier alpha value is -1.36. The van der Waals surface area contributed by atoms with E-state index in [1.807, 2.05) is 0 Å². The molecule has 0 aliphatic heterocycles. The van der Waals surface area contributed by atoms with Crippen LogP contribution < -0.4 is 5.32 Å². The lowest BCUT2D eigenvalue weighted by Gasteiger charge is -2.13. The molecule has 0 amide bonds. The third-order valence-corrected chi connectivity index (χ3v) is 1.90. The third-order valence-electron chi connectivity index (χ3n) is 1.64. The molecule has 0 spiro atoms. The van der Waals surface area contributed by atoms with Gasteiger partial charge >= 0.3 is 5.97 Å². The average Bonchev–Trinajstić information content (AvgIpc) is 2.12. The second kappa shape index (κ2) is 4.44. The van der Waals surface area contributed by atoms with Crippen molar-refractivity contribution in [3.05, 3.63) is 22.7 Å². The molecule has 0 bridgehead atoms. The van der Waals surface area contributed by atoms with Crippen LogP contribution in [0.3, 0.4) is 0 Å². The molecule has 6 heteroatoms. The van der Waals surface area contributed by atoms with Gasteiger partial charge in [-0.2, -0.15) is 0 Å². The Morgan fingerprint density at radius 2 is 2.27 bits per heavy atom. The lowest BCUT2D eigenvalue weighted by Crippen LogP contribution is -2.15. The Morgan fingerprint density at radius 1 is 1.67 bits per heavy atom. The van der Waals surface area contributed by atoms with Crippen LogP contribution in [0.25, 0.3) is 0 Å². The quantitative estimate of drug-likeness (QED) is 0.786. The van der Waals surface area contributed by atoms with Gasteiger partial charge in [-0.25, -0.2) is 14.2 Å². The molecule has 0 unspecified atom stereocenters. The van der Waals surface area contributed by atoms with E-state index in [0.29, 0.717) is 0 Å². The van der Waals surface area contributed by atoms with Gasteiger partial charge < -0.3 is 10.4 Å². The molecule has 0 saturated heterocycles. The van der Waals surface area contributed by atoms with E-state index in [-0.39, 0.29) is 22.4 Å². The fourth-order valence-corrected chi connectivity index (χ4v) is 1.20. The number of hydrogen-bond acceptors (Lipinski definition) is 3. The number of hydrogen-bond donors (Lipinski definition) is 2. The highest BCUT2D eigenvalue weighted by Gasteiger charge is 2.18. The smallest absolute Gasteiger partial charge is 0.339 e. The molecule has 0 aliphatic rings. The summed E-state index contributed by atoms with van der Waals surface area (Å²) in [5.74, 6) is -2.09. The number of carbonyl (C=O) groups is 1. The van der Waals surface area contributed by atoms with Crippen molar-refractivity contribution in [2.45, 2.75) is 19.9 Å². The number of anilines is 1. The molecule has 0 atom stereocenters. The average molecular weight is 233 g/mol. The van der Waals surface area contributed by atoms with Crippen LogP contribution in [0, 0.1) is 5.82 Å². The maximum Gasteiger partial charge on any atom is 0.339 e. The first-order valence-electron chi connectivity index (χ1n) is 4.27. The van der Waals surface area contributed by atoms with Crippen LogP contribution in [0.5, 0.6) is 0 Å². The first kappa shape index (κ1) is 11.7. The van der Waals surface area contributed by atoms with Crippen molar-refractivity contribution in [1.82, 2.24) is 4.98 Å². The summed E-state index contributed by atoms with van der Waals surface area (Å²) in [5.41, 5.74) is -0.358. The van der Waals surface area contributed by atoms with Crippen LogP contribution in [0.4, 0.5) is 10.1 Å². The number of carboxylic acids is 1. The molecule has 1 aromatic heterocycles. The van der Waals surface area contributed by atoms with Gasteiger partial charge in [0, 0.05) is 12.2 Å². The molecule has 1 heterocycles. The molecule has 0 saturated carbocycles. The summed E-state index contributed by atoms with van der Waals surface area (Å²) < 4.78 is 13.5. The summed E-state index contributed by atoms with van der Waals surface area (Å²) in [7, 11) is 0. The number of aromatic carboxylic acids is 1. The first-order chi connectivity index (χ1) is 6.93. The molecule has 0 fully saturated rings. The van der Waals surface area contributed by atoms with Crippen molar-refractivity contribution in [3.63, 3.8) is 0 Å². The van der Waals surface area contributed by atoms with Gasteiger partial charge in [0.05, 0.1) is 5.69 Å². The lowest BCUT2D eigenvalue weighted by molar-refractivity contribution is 0.0697. The standard InChI is InChI=1S/C9H10ClFN2O2/c1-4(2)13-7-5(9(14)15)3-12-8(10)6(7)11/h3-4H,1-2H3,(H,12,13)(H,14,15). The summed E-state index contributed by atoms with van der Waals surface area (Å²) >= 11 is 5.45. The Labute approximate surface area is 91.1 Å². The van der Waals surface area contributed by atoms with Gasteiger partial charge in [0.15, 0.2) is 11.0 Å². The molecular formula is C9H10ClFN2O2. The number of rotatable bonds is 3.